The molecule has 0 aromatic heterocycles. The molecule has 0 saturated heterocycles. The van der Waals surface area contributed by atoms with Crippen LogP contribution in [0.25, 0.3) is 0 Å². The van der Waals surface area contributed by atoms with Crippen LogP contribution in [0.5, 0.6) is 0 Å². The zero-order valence-electron chi connectivity index (χ0n) is 9.81. The van der Waals surface area contributed by atoms with Gasteiger partial charge in [-0.25, -0.2) is 0 Å². The fourth-order valence-electron chi connectivity index (χ4n) is 1.57. The van der Waals surface area contributed by atoms with E-state index in [0.717, 1.165) is 0 Å². The molecular formula is C12H27N. The minimum atomic E-state index is 1.23. The largest absolute Gasteiger partial charge is 0.304 e. The second kappa shape index (κ2) is 10.0. The lowest BCUT2D eigenvalue weighted by Gasteiger charge is -2.19. The van der Waals surface area contributed by atoms with E-state index in [1.54, 1.807) is 0 Å². The van der Waals surface area contributed by atoms with Gasteiger partial charge in [-0.1, -0.05) is 46.5 Å². The predicted octanol–water partition coefficient (Wildman–Crippen LogP) is 3.69. The summed E-state index contributed by atoms with van der Waals surface area (Å²) in [6.07, 6.45) is 8.25. The van der Waals surface area contributed by atoms with Crippen molar-refractivity contribution in [2.24, 2.45) is 0 Å². The van der Waals surface area contributed by atoms with Gasteiger partial charge in [-0.3, -0.25) is 0 Å². The van der Waals surface area contributed by atoms with Crippen molar-refractivity contribution < 1.29 is 0 Å². The Morgan fingerprint density at radius 2 is 1.31 bits per heavy atom. The van der Waals surface area contributed by atoms with Crippen LogP contribution >= 0.6 is 0 Å². The van der Waals surface area contributed by atoms with Crippen molar-refractivity contribution in [1.82, 2.24) is 4.90 Å². The Morgan fingerprint density at radius 3 is 1.85 bits per heavy atom. The van der Waals surface area contributed by atoms with Crippen molar-refractivity contribution >= 4 is 0 Å². The average molecular weight is 185 g/mol. The van der Waals surface area contributed by atoms with E-state index in [1.165, 1.54) is 58.2 Å². The molecule has 0 N–H and O–H groups in total. The molecule has 0 aromatic carbocycles. The molecule has 0 atom stereocenters. The van der Waals surface area contributed by atoms with E-state index in [4.69, 9.17) is 0 Å². The summed E-state index contributed by atoms with van der Waals surface area (Å²) in [6.45, 7) is 10.7. The molecule has 0 bridgehead atoms. The first kappa shape index (κ1) is 13.0. The Hall–Kier alpha value is -0.0400. The predicted molar refractivity (Wildman–Crippen MR) is 61.2 cm³/mol. The lowest BCUT2D eigenvalue weighted by molar-refractivity contribution is 0.276. The van der Waals surface area contributed by atoms with Crippen molar-refractivity contribution in [3.8, 4) is 0 Å². The standard InChI is InChI=1S/C12H27N/c1-4-7-9-10-12-13(6-3)11-8-5-2/h4-12H2,1-3H3. The SMILES string of the molecule is CCCCCCN(CC)CCCC. The summed E-state index contributed by atoms with van der Waals surface area (Å²) in [5, 5.41) is 0. The number of nitrogens with zero attached hydrogens (tertiary/aromatic N) is 1. The van der Waals surface area contributed by atoms with Crippen molar-refractivity contribution in [3.63, 3.8) is 0 Å². The van der Waals surface area contributed by atoms with Crippen LogP contribution in [0.3, 0.4) is 0 Å². The molecule has 0 fully saturated rings. The van der Waals surface area contributed by atoms with Gasteiger partial charge in [-0.15, -0.1) is 0 Å². The monoisotopic (exact) mass is 185 g/mol. The molecule has 13 heavy (non-hydrogen) atoms. The third kappa shape index (κ3) is 8.29. The molecular weight excluding hydrogens is 158 g/mol. The smallest absolute Gasteiger partial charge is 0.00189 e. The molecule has 1 heteroatoms. The maximum absolute atomic E-state index is 2.58. The van der Waals surface area contributed by atoms with E-state index < -0.39 is 0 Å². The molecule has 0 amide bonds. The van der Waals surface area contributed by atoms with Crippen LogP contribution in [0.4, 0.5) is 0 Å². The van der Waals surface area contributed by atoms with Gasteiger partial charge in [0.1, 0.15) is 0 Å². The summed E-state index contributed by atoms with van der Waals surface area (Å²) in [7, 11) is 0. The maximum Gasteiger partial charge on any atom is -0.00189 e. The molecule has 0 aliphatic heterocycles. The third-order valence-corrected chi connectivity index (χ3v) is 2.60. The van der Waals surface area contributed by atoms with Crippen LogP contribution < -0.4 is 0 Å². The second-order valence-electron chi connectivity index (χ2n) is 3.85. The first-order valence-electron chi connectivity index (χ1n) is 6.07. The Morgan fingerprint density at radius 1 is 0.692 bits per heavy atom. The lowest BCUT2D eigenvalue weighted by Crippen LogP contribution is -2.25. The van der Waals surface area contributed by atoms with Gasteiger partial charge in [-0.2, -0.15) is 0 Å². The van der Waals surface area contributed by atoms with Crippen LogP contribution in [0.15, 0.2) is 0 Å². The summed E-state index contributed by atoms with van der Waals surface area (Å²) in [5.41, 5.74) is 0. The number of rotatable bonds is 9. The van der Waals surface area contributed by atoms with Crippen molar-refractivity contribution in [2.75, 3.05) is 19.6 Å². The van der Waals surface area contributed by atoms with Gasteiger partial charge in [-0.05, 0) is 32.5 Å². The quantitative estimate of drug-likeness (QED) is 0.495. The van der Waals surface area contributed by atoms with Gasteiger partial charge in [0.05, 0.1) is 0 Å². The first-order valence-corrected chi connectivity index (χ1v) is 6.07. The molecule has 0 unspecified atom stereocenters. The molecule has 80 valence electrons. The first-order chi connectivity index (χ1) is 6.35. The summed E-state index contributed by atoms with van der Waals surface area (Å²) in [5.74, 6) is 0. The highest BCUT2D eigenvalue weighted by Crippen LogP contribution is 2.02. The van der Waals surface area contributed by atoms with Crippen molar-refractivity contribution in [2.45, 2.75) is 59.3 Å². The zero-order chi connectivity index (χ0) is 9.94. The fourth-order valence-corrected chi connectivity index (χ4v) is 1.57. The molecule has 1 nitrogen and oxygen atoms in total. The van der Waals surface area contributed by atoms with E-state index in [-0.39, 0.29) is 0 Å². The van der Waals surface area contributed by atoms with E-state index >= 15 is 0 Å². The van der Waals surface area contributed by atoms with Gasteiger partial charge in [0.2, 0.25) is 0 Å². The summed E-state index contributed by atoms with van der Waals surface area (Å²) < 4.78 is 0. The number of unbranched alkanes of at least 4 members (excludes halogenated alkanes) is 4. The van der Waals surface area contributed by atoms with Crippen LogP contribution in [-0.4, -0.2) is 24.5 Å². The van der Waals surface area contributed by atoms with Gasteiger partial charge in [0.25, 0.3) is 0 Å². The van der Waals surface area contributed by atoms with Gasteiger partial charge in [0.15, 0.2) is 0 Å². The third-order valence-electron chi connectivity index (χ3n) is 2.60. The van der Waals surface area contributed by atoms with E-state index in [9.17, 15) is 0 Å². The number of hydrogen-bond acceptors (Lipinski definition) is 1. The topological polar surface area (TPSA) is 3.24 Å². The van der Waals surface area contributed by atoms with E-state index in [1.807, 2.05) is 0 Å². The van der Waals surface area contributed by atoms with Gasteiger partial charge in [0, 0.05) is 0 Å². The Kier molecular flexibility index (Phi) is 10.0. The van der Waals surface area contributed by atoms with Gasteiger partial charge < -0.3 is 4.90 Å². The normalized spacial score (nSPS) is 11.1. The minimum absolute atomic E-state index is 1.23. The molecule has 0 aliphatic carbocycles. The van der Waals surface area contributed by atoms with Crippen molar-refractivity contribution in [1.29, 1.82) is 0 Å². The summed E-state index contributed by atoms with van der Waals surface area (Å²) >= 11 is 0. The molecule has 0 saturated carbocycles. The molecule has 0 aromatic rings. The van der Waals surface area contributed by atoms with Crippen molar-refractivity contribution in [3.05, 3.63) is 0 Å². The molecule has 0 spiro atoms. The number of hydrogen-bond donors (Lipinski definition) is 0. The minimum Gasteiger partial charge on any atom is -0.304 e. The molecule has 0 heterocycles. The van der Waals surface area contributed by atoms with Crippen LogP contribution in [0, 0.1) is 0 Å². The Balaban J connectivity index is 3.25. The second-order valence-corrected chi connectivity index (χ2v) is 3.85. The van der Waals surface area contributed by atoms with Crippen LogP contribution in [0.1, 0.15) is 59.3 Å². The molecule has 0 rings (SSSR count). The Bertz CT molecular complexity index is 91.1. The highest BCUT2D eigenvalue weighted by atomic mass is 15.1. The lowest BCUT2D eigenvalue weighted by atomic mass is 10.2. The van der Waals surface area contributed by atoms with E-state index in [0.29, 0.717) is 0 Å². The summed E-state index contributed by atoms with van der Waals surface area (Å²) in [6, 6.07) is 0. The molecule has 0 aliphatic rings. The molecule has 0 radical (unpaired) electrons. The summed E-state index contributed by atoms with van der Waals surface area (Å²) in [4.78, 5) is 2.58. The average Bonchev–Trinajstić information content (AvgIpc) is 2.17. The maximum atomic E-state index is 2.58. The van der Waals surface area contributed by atoms with E-state index in [2.05, 4.69) is 25.7 Å². The van der Waals surface area contributed by atoms with Crippen LogP contribution in [-0.2, 0) is 0 Å². The van der Waals surface area contributed by atoms with Crippen LogP contribution in [0.2, 0.25) is 0 Å². The zero-order valence-corrected chi connectivity index (χ0v) is 9.81. The van der Waals surface area contributed by atoms with Gasteiger partial charge >= 0.3 is 0 Å². The highest BCUT2D eigenvalue weighted by molar-refractivity contribution is 4.55. The highest BCUT2D eigenvalue weighted by Gasteiger charge is 1.99. The Labute approximate surface area is 84.5 Å². The fraction of sp³-hybridized carbons (Fsp3) is 1.00.